The standard InChI is InChI=1S/C34H36Br2O6/c1-23-15-27(37-3)33(35)29(17-23)41-31(21-39-19-25-11-7-5-8-12-25)32(22-40-20-26-13-9-6-10-14-26)42-30-18-24(2)16-28(38-4)34(30)36/h5-18,31-32H,19-22H2,1-4H3/t31-,32-/m1/s1. The van der Waals surface area contributed by atoms with Crippen LogP contribution >= 0.6 is 31.9 Å². The smallest absolute Gasteiger partial charge is 0.161 e. The van der Waals surface area contributed by atoms with E-state index in [0.29, 0.717) is 45.2 Å². The van der Waals surface area contributed by atoms with Crippen LogP contribution in [-0.2, 0) is 22.7 Å². The summed E-state index contributed by atoms with van der Waals surface area (Å²) in [4.78, 5) is 0. The number of ether oxygens (including phenoxy) is 6. The summed E-state index contributed by atoms with van der Waals surface area (Å²) in [6.07, 6.45) is -1.10. The van der Waals surface area contributed by atoms with E-state index in [2.05, 4.69) is 31.9 Å². The molecule has 4 aromatic rings. The predicted molar refractivity (Wildman–Crippen MR) is 172 cm³/mol. The zero-order valence-electron chi connectivity index (χ0n) is 24.3. The Balaban J connectivity index is 1.65. The van der Waals surface area contributed by atoms with Crippen molar-refractivity contribution in [1.82, 2.24) is 0 Å². The fourth-order valence-electron chi connectivity index (χ4n) is 4.37. The predicted octanol–water partition coefficient (Wildman–Crippen LogP) is 8.47. The quantitative estimate of drug-likeness (QED) is 0.124. The molecular formula is C34H36Br2O6. The molecule has 222 valence electrons. The highest BCUT2D eigenvalue weighted by Crippen LogP contribution is 2.39. The molecule has 0 radical (unpaired) electrons. The van der Waals surface area contributed by atoms with E-state index < -0.39 is 12.2 Å². The minimum atomic E-state index is -0.550. The van der Waals surface area contributed by atoms with Crippen molar-refractivity contribution in [2.24, 2.45) is 0 Å². The van der Waals surface area contributed by atoms with Crippen LogP contribution in [0, 0.1) is 13.8 Å². The van der Waals surface area contributed by atoms with E-state index in [-0.39, 0.29) is 13.2 Å². The average molecular weight is 700 g/mol. The molecule has 0 aliphatic rings. The fourth-order valence-corrected chi connectivity index (χ4v) is 5.34. The zero-order valence-corrected chi connectivity index (χ0v) is 27.4. The second-order valence-corrected chi connectivity index (χ2v) is 11.5. The zero-order chi connectivity index (χ0) is 29.9. The molecule has 4 aromatic carbocycles. The summed E-state index contributed by atoms with van der Waals surface area (Å²) < 4.78 is 38.4. The molecule has 0 amide bonds. The summed E-state index contributed by atoms with van der Waals surface area (Å²) in [5.74, 6) is 2.60. The first-order valence-electron chi connectivity index (χ1n) is 13.6. The van der Waals surface area contributed by atoms with E-state index in [1.165, 1.54) is 0 Å². The van der Waals surface area contributed by atoms with Crippen LogP contribution in [0.5, 0.6) is 23.0 Å². The van der Waals surface area contributed by atoms with Gasteiger partial charge in [-0.3, -0.25) is 0 Å². The molecule has 2 atom stereocenters. The van der Waals surface area contributed by atoms with Gasteiger partial charge in [0.25, 0.3) is 0 Å². The maximum absolute atomic E-state index is 6.67. The van der Waals surface area contributed by atoms with Crippen molar-refractivity contribution >= 4 is 31.9 Å². The Labute approximate surface area is 265 Å². The van der Waals surface area contributed by atoms with Gasteiger partial charge in [0.2, 0.25) is 0 Å². The average Bonchev–Trinajstić information content (AvgIpc) is 3.00. The van der Waals surface area contributed by atoms with Gasteiger partial charge in [-0.1, -0.05) is 60.7 Å². The van der Waals surface area contributed by atoms with Crippen LogP contribution in [-0.4, -0.2) is 39.6 Å². The van der Waals surface area contributed by atoms with Gasteiger partial charge in [0.15, 0.2) is 12.2 Å². The van der Waals surface area contributed by atoms with Crippen LogP contribution in [0.15, 0.2) is 93.9 Å². The topological polar surface area (TPSA) is 55.4 Å². The third-order valence-corrected chi connectivity index (χ3v) is 8.06. The molecule has 0 spiro atoms. The van der Waals surface area contributed by atoms with Crippen LogP contribution in [0.3, 0.4) is 0 Å². The molecule has 0 fully saturated rings. The van der Waals surface area contributed by atoms with E-state index in [9.17, 15) is 0 Å². The molecule has 0 unspecified atom stereocenters. The third kappa shape index (κ3) is 8.98. The van der Waals surface area contributed by atoms with Crippen molar-refractivity contribution < 1.29 is 28.4 Å². The lowest BCUT2D eigenvalue weighted by Crippen LogP contribution is -2.43. The first kappa shape index (κ1) is 31.9. The highest BCUT2D eigenvalue weighted by atomic mass is 79.9. The van der Waals surface area contributed by atoms with Gasteiger partial charge in [0, 0.05) is 0 Å². The summed E-state index contributed by atoms with van der Waals surface area (Å²) in [5, 5.41) is 0. The molecule has 0 bridgehead atoms. The monoisotopic (exact) mass is 698 g/mol. The summed E-state index contributed by atoms with van der Waals surface area (Å²) in [6.45, 7) is 5.35. The highest BCUT2D eigenvalue weighted by Gasteiger charge is 2.29. The lowest BCUT2D eigenvalue weighted by atomic mass is 10.1. The molecule has 0 aliphatic carbocycles. The number of methoxy groups -OCH3 is 2. The van der Waals surface area contributed by atoms with E-state index in [1.807, 2.05) is 98.8 Å². The first-order chi connectivity index (χ1) is 20.4. The Hall–Kier alpha value is -3.04. The molecule has 0 saturated heterocycles. The number of hydrogen-bond acceptors (Lipinski definition) is 6. The van der Waals surface area contributed by atoms with Crippen LogP contribution in [0.25, 0.3) is 0 Å². The Morgan fingerprint density at radius 3 is 1.26 bits per heavy atom. The highest BCUT2D eigenvalue weighted by molar-refractivity contribution is 9.11. The Kier molecular flexibility index (Phi) is 12.1. The van der Waals surface area contributed by atoms with E-state index in [1.54, 1.807) is 14.2 Å². The fraction of sp³-hybridized carbons (Fsp3) is 0.294. The maximum atomic E-state index is 6.67. The number of halogens is 2. The molecule has 0 saturated carbocycles. The lowest BCUT2D eigenvalue weighted by molar-refractivity contribution is -0.0550. The van der Waals surface area contributed by atoms with Gasteiger partial charge in [-0.05, 0) is 92.2 Å². The SMILES string of the molecule is COc1cc(C)cc(O[C@H](COCc2ccccc2)[C@@H](COCc2ccccc2)Oc2cc(C)cc(OC)c2Br)c1Br. The number of hydrogen-bond donors (Lipinski definition) is 0. The Morgan fingerprint density at radius 2 is 0.905 bits per heavy atom. The first-order valence-corrected chi connectivity index (χ1v) is 15.2. The second kappa shape index (κ2) is 16.0. The van der Waals surface area contributed by atoms with E-state index in [4.69, 9.17) is 28.4 Å². The van der Waals surface area contributed by atoms with Crippen molar-refractivity contribution in [2.75, 3.05) is 27.4 Å². The van der Waals surface area contributed by atoms with E-state index >= 15 is 0 Å². The maximum Gasteiger partial charge on any atom is 0.161 e. The lowest BCUT2D eigenvalue weighted by Gasteiger charge is -2.30. The van der Waals surface area contributed by atoms with E-state index in [0.717, 1.165) is 22.3 Å². The van der Waals surface area contributed by atoms with Gasteiger partial charge < -0.3 is 28.4 Å². The molecule has 0 N–H and O–H groups in total. The summed E-state index contributed by atoms with van der Waals surface area (Å²) in [7, 11) is 3.27. The van der Waals surface area contributed by atoms with Crippen LogP contribution in [0.4, 0.5) is 0 Å². The number of aryl methyl sites for hydroxylation is 2. The summed E-state index contributed by atoms with van der Waals surface area (Å²) in [6, 6.07) is 27.9. The number of rotatable bonds is 15. The van der Waals surface area contributed by atoms with Gasteiger partial charge in [-0.25, -0.2) is 0 Å². The van der Waals surface area contributed by atoms with Gasteiger partial charge >= 0.3 is 0 Å². The number of benzene rings is 4. The Morgan fingerprint density at radius 1 is 0.548 bits per heavy atom. The Bertz CT molecular complexity index is 1310. The largest absolute Gasteiger partial charge is 0.495 e. The minimum Gasteiger partial charge on any atom is -0.495 e. The summed E-state index contributed by atoms with van der Waals surface area (Å²) >= 11 is 7.32. The molecule has 6 nitrogen and oxygen atoms in total. The molecule has 8 heteroatoms. The van der Waals surface area contributed by atoms with Crippen LogP contribution < -0.4 is 18.9 Å². The second-order valence-electron chi connectivity index (χ2n) is 9.87. The van der Waals surface area contributed by atoms with Crippen molar-refractivity contribution in [3.63, 3.8) is 0 Å². The molecule has 42 heavy (non-hydrogen) atoms. The normalized spacial score (nSPS) is 12.4. The van der Waals surface area contributed by atoms with Gasteiger partial charge in [0.05, 0.1) is 40.6 Å². The minimum absolute atomic E-state index is 0.248. The van der Waals surface area contributed by atoms with Crippen LogP contribution in [0.2, 0.25) is 0 Å². The van der Waals surface area contributed by atoms with Gasteiger partial charge in [-0.15, -0.1) is 0 Å². The van der Waals surface area contributed by atoms with Crippen molar-refractivity contribution in [1.29, 1.82) is 0 Å². The van der Waals surface area contributed by atoms with Gasteiger partial charge in [0.1, 0.15) is 31.9 Å². The third-order valence-electron chi connectivity index (χ3n) is 6.50. The van der Waals surface area contributed by atoms with Crippen molar-refractivity contribution in [2.45, 2.75) is 39.3 Å². The molecule has 0 aliphatic heterocycles. The van der Waals surface area contributed by atoms with Gasteiger partial charge in [-0.2, -0.15) is 0 Å². The molecule has 0 heterocycles. The molecular weight excluding hydrogens is 664 g/mol. The summed E-state index contributed by atoms with van der Waals surface area (Å²) in [5.41, 5.74) is 4.13. The molecule has 4 rings (SSSR count). The van der Waals surface area contributed by atoms with Crippen molar-refractivity contribution in [3.8, 4) is 23.0 Å². The molecule has 0 aromatic heterocycles. The van der Waals surface area contributed by atoms with Crippen LogP contribution in [0.1, 0.15) is 22.3 Å². The van der Waals surface area contributed by atoms with Crippen molar-refractivity contribution in [3.05, 3.63) is 116 Å².